The van der Waals surface area contributed by atoms with Gasteiger partial charge in [-0.1, -0.05) is 0 Å². The average Bonchev–Trinajstić information content (AvgIpc) is 1.87. The Morgan fingerprint density at radius 3 is 1.77 bits per heavy atom. The van der Waals surface area contributed by atoms with E-state index in [1.54, 1.807) is 0 Å². The van der Waals surface area contributed by atoms with Gasteiger partial charge in [0.1, 0.15) is 0 Å². The minimum atomic E-state index is -0.952. The molecule has 0 heterocycles. The number of aliphatic carboxylic acids is 1. The van der Waals surface area contributed by atoms with Crippen LogP contribution in [0.2, 0.25) is 0 Å². The SMILES string of the molecule is O=C(O)CN(CCO)CCO.[Cl-].[K+]. The Hall–Kier alpha value is 1.28. The molecule has 7 heteroatoms. The van der Waals surface area contributed by atoms with Crippen LogP contribution in [0, 0.1) is 0 Å². The van der Waals surface area contributed by atoms with Crippen LogP contribution < -0.4 is 63.8 Å². The predicted octanol–water partition coefficient (Wildman–Crippen LogP) is -7.63. The van der Waals surface area contributed by atoms with E-state index < -0.39 is 5.97 Å². The number of carboxylic acids is 1. The molecule has 3 N–H and O–H groups in total. The van der Waals surface area contributed by atoms with E-state index in [0.29, 0.717) is 0 Å². The molecule has 0 aromatic carbocycles. The van der Waals surface area contributed by atoms with Crippen molar-refractivity contribution in [2.75, 3.05) is 32.8 Å². The summed E-state index contributed by atoms with van der Waals surface area (Å²) >= 11 is 0. The zero-order valence-corrected chi connectivity index (χ0v) is 11.5. The fraction of sp³-hybridized carbons (Fsp3) is 0.833. The second-order valence-corrected chi connectivity index (χ2v) is 2.12. The normalized spacial score (nSPS) is 8.85. The van der Waals surface area contributed by atoms with Crippen molar-refractivity contribution in [3.8, 4) is 0 Å². The number of nitrogens with zero attached hydrogens (tertiary/aromatic N) is 1. The molecule has 0 aromatic heterocycles. The van der Waals surface area contributed by atoms with E-state index in [1.807, 2.05) is 0 Å². The minimum absolute atomic E-state index is 0. The standard InChI is InChI=1S/C6H13NO4.ClH.K/c8-3-1-7(2-4-9)5-6(10)11;;/h8-9H,1-5H2,(H,10,11);1H;/q;;+1/p-1. The van der Waals surface area contributed by atoms with Gasteiger partial charge in [-0.25, -0.2) is 0 Å². The van der Waals surface area contributed by atoms with Gasteiger partial charge in [0, 0.05) is 13.1 Å². The molecular weight excluding hydrogens is 225 g/mol. The molecule has 0 rings (SSSR count). The van der Waals surface area contributed by atoms with E-state index in [4.69, 9.17) is 15.3 Å². The van der Waals surface area contributed by atoms with Crippen LogP contribution in [0.15, 0.2) is 0 Å². The monoisotopic (exact) mass is 237 g/mol. The molecule has 74 valence electrons. The summed E-state index contributed by atoms with van der Waals surface area (Å²) in [6.07, 6.45) is 0. The number of rotatable bonds is 6. The van der Waals surface area contributed by atoms with Crippen molar-refractivity contribution in [1.82, 2.24) is 4.90 Å². The van der Waals surface area contributed by atoms with Crippen LogP contribution in [0.1, 0.15) is 0 Å². The fourth-order valence-corrected chi connectivity index (χ4v) is 0.744. The van der Waals surface area contributed by atoms with Crippen molar-refractivity contribution in [1.29, 1.82) is 0 Å². The van der Waals surface area contributed by atoms with Crippen molar-refractivity contribution >= 4 is 5.97 Å². The van der Waals surface area contributed by atoms with Crippen molar-refractivity contribution < 1.29 is 83.9 Å². The van der Waals surface area contributed by atoms with Gasteiger partial charge in [-0.15, -0.1) is 0 Å². The maximum absolute atomic E-state index is 10.2. The molecular formula is C6H13ClKNO4. The smallest absolute Gasteiger partial charge is 1.00 e. The Labute approximate surface area is 126 Å². The Morgan fingerprint density at radius 2 is 1.54 bits per heavy atom. The van der Waals surface area contributed by atoms with Crippen molar-refractivity contribution in [3.63, 3.8) is 0 Å². The van der Waals surface area contributed by atoms with E-state index in [1.165, 1.54) is 4.90 Å². The van der Waals surface area contributed by atoms with E-state index in [2.05, 4.69) is 0 Å². The van der Waals surface area contributed by atoms with E-state index >= 15 is 0 Å². The first-order chi connectivity index (χ1) is 5.20. The molecule has 0 aliphatic heterocycles. The second-order valence-electron chi connectivity index (χ2n) is 2.12. The summed E-state index contributed by atoms with van der Waals surface area (Å²) in [6.45, 7) is 0.251. The summed E-state index contributed by atoms with van der Waals surface area (Å²) in [6, 6.07) is 0. The second kappa shape index (κ2) is 13.3. The predicted molar refractivity (Wildman–Crippen MR) is 38.2 cm³/mol. The average molecular weight is 238 g/mol. The van der Waals surface area contributed by atoms with E-state index in [-0.39, 0.29) is 96.6 Å². The molecule has 0 amide bonds. The number of halogens is 1. The zero-order valence-electron chi connectivity index (χ0n) is 7.61. The Bertz CT molecular complexity index is 121. The van der Waals surface area contributed by atoms with Crippen LogP contribution in [0.3, 0.4) is 0 Å². The van der Waals surface area contributed by atoms with Crippen LogP contribution in [-0.4, -0.2) is 59.0 Å². The third kappa shape index (κ3) is 13.3. The molecule has 0 aromatic rings. The maximum atomic E-state index is 10.2. The number of aliphatic hydroxyl groups excluding tert-OH is 2. The van der Waals surface area contributed by atoms with E-state index in [0.717, 1.165) is 0 Å². The third-order valence-corrected chi connectivity index (χ3v) is 1.19. The van der Waals surface area contributed by atoms with Gasteiger partial charge in [-0.05, 0) is 0 Å². The van der Waals surface area contributed by atoms with Gasteiger partial charge in [-0.3, -0.25) is 9.69 Å². The van der Waals surface area contributed by atoms with Crippen molar-refractivity contribution in [2.45, 2.75) is 0 Å². The van der Waals surface area contributed by atoms with Gasteiger partial charge < -0.3 is 27.7 Å². The Kier molecular flexibility index (Phi) is 20.2. The van der Waals surface area contributed by atoms with Gasteiger partial charge in [0.2, 0.25) is 0 Å². The Morgan fingerprint density at radius 1 is 1.15 bits per heavy atom. The summed E-state index contributed by atoms with van der Waals surface area (Å²) < 4.78 is 0. The van der Waals surface area contributed by atoms with Crippen molar-refractivity contribution in [3.05, 3.63) is 0 Å². The first-order valence-electron chi connectivity index (χ1n) is 3.36. The van der Waals surface area contributed by atoms with Crippen molar-refractivity contribution in [2.24, 2.45) is 0 Å². The van der Waals surface area contributed by atoms with Gasteiger partial charge in [0.15, 0.2) is 0 Å². The van der Waals surface area contributed by atoms with E-state index in [9.17, 15) is 4.79 Å². The summed E-state index contributed by atoms with van der Waals surface area (Å²) in [4.78, 5) is 11.6. The van der Waals surface area contributed by atoms with Crippen LogP contribution in [0.5, 0.6) is 0 Å². The van der Waals surface area contributed by atoms with Gasteiger partial charge >= 0.3 is 57.4 Å². The minimum Gasteiger partial charge on any atom is -1.00 e. The molecule has 0 saturated heterocycles. The topological polar surface area (TPSA) is 81.0 Å². The molecule has 0 radical (unpaired) electrons. The summed E-state index contributed by atoms with van der Waals surface area (Å²) in [5.74, 6) is -0.952. The molecule has 0 aliphatic carbocycles. The largest absolute Gasteiger partial charge is 1.00 e. The molecule has 0 spiro atoms. The zero-order chi connectivity index (χ0) is 8.69. The van der Waals surface area contributed by atoms with Crippen LogP contribution >= 0.6 is 0 Å². The number of hydrogen-bond acceptors (Lipinski definition) is 4. The van der Waals surface area contributed by atoms with Gasteiger partial charge in [0.05, 0.1) is 19.8 Å². The van der Waals surface area contributed by atoms with Crippen LogP contribution in [-0.2, 0) is 4.79 Å². The fourth-order valence-electron chi connectivity index (χ4n) is 0.744. The molecule has 0 saturated carbocycles. The first-order valence-corrected chi connectivity index (χ1v) is 3.36. The number of hydrogen-bond donors (Lipinski definition) is 3. The summed E-state index contributed by atoms with van der Waals surface area (Å²) in [5.41, 5.74) is 0. The summed E-state index contributed by atoms with van der Waals surface area (Å²) in [5, 5.41) is 25.3. The molecule has 13 heavy (non-hydrogen) atoms. The molecule has 0 aliphatic rings. The molecule has 0 bridgehead atoms. The molecule has 0 unspecified atom stereocenters. The number of carbonyl (C=O) groups is 1. The molecule has 0 atom stereocenters. The molecule has 5 nitrogen and oxygen atoms in total. The first kappa shape index (κ1) is 19.8. The van der Waals surface area contributed by atoms with Gasteiger partial charge in [0.25, 0.3) is 0 Å². The number of carboxylic acid groups (broad SMARTS) is 1. The number of aliphatic hydroxyl groups is 2. The van der Waals surface area contributed by atoms with Crippen LogP contribution in [0.4, 0.5) is 0 Å². The quantitative estimate of drug-likeness (QED) is 0.400. The molecule has 0 fully saturated rings. The summed E-state index contributed by atoms with van der Waals surface area (Å²) in [7, 11) is 0. The third-order valence-electron chi connectivity index (χ3n) is 1.19. The van der Waals surface area contributed by atoms with Crippen LogP contribution in [0.25, 0.3) is 0 Å². The maximum Gasteiger partial charge on any atom is 1.00 e. The Balaban J connectivity index is -0.000000500. The van der Waals surface area contributed by atoms with Gasteiger partial charge in [-0.2, -0.15) is 0 Å².